The average Bonchev–Trinajstić information content (AvgIpc) is 2.65. The Kier molecular flexibility index (Phi) is 3.49. The maximum absolute atomic E-state index is 12.1. The van der Waals surface area contributed by atoms with Crippen molar-refractivity contribution >= 4 is 28.5 Å². The first-order chi connectivity index (χ1) is 7.61. The van der Waals surface area contributed by atoms with E-state index in [9.17, 15) is 4.79 Å². The smallest absolute Gasteiger partial charge is 0.252 e. The van der Waals surface area contributed by atoms with Gasteiger partial charge in [0, 0.05) is 10.1 Å². The normalized spacial score (nSPS) is 24.4. The van der Waals surface area contributed by atoms with E-state index in [0.29, 0.717) is 0 Å². The van der Waals surface area contributed by atoms with Gasteiger partial charge in [-0.3, -0.25) is 4.79 Å². The van der Waals surface area contributed by atoms with Crippen LogP contribution in [0.5, 0.6) is 0 Å². The lowest BCUT2D eigenvalue weighted by atomic mass is 10.0. The van der Waals surface area contributed by atoms with E-state index < -0.39 is 0 Å². The van der Waals surface area contributed by atoms with Gasteiger partial charge in [0.25, 0.3) is 5.91 Å². The second-order valence-electron chi connectivity index (χ2n) is 4.42. The third-order valence-corrected chi connectivity index (χ3v) is 3.84. The molecule has 4 heteroatoms. The molecule has 1 aliphatic heterocycles. The number of halogens is 1. The van der Waals surface area contributed by atoms with E-state index in [2.05, 4.69) is 40.1 Å². The first kappa shape index (κ1) is 11.9. The summed E-state index contributed by atoms with van der Waals surface area (Å²) in [4.78, 5) is 12.1. The van der Waals surface area contributed by atoms with E-state index in [1.54, 1.807) is 0 Å². The van der Waals surface area contributed by atoms with Gasteiger partial charge < -0.3 is 10.6 Å². The third-order valence-electron chi connectivity index (χ3n) is 2.90. The van der Waals surface area contributed by atoms with Crippen LogP contribution in [0.15, 0.2) is 24.3 Å². The largest absolute Gasteiger partial charge is 0.346 e. The zero-order valence-electron chi connectivity index (χ0n) is 9.22. The lowest BCUT2D eigenvalue weighted by molar-refractivity contribution is 0.0912. The molecule has 1 atom stereocenters. The molecule has 0 saturated carbocycles. The van der Waals surface area contributed by atoms with Gasteiger partial charge in [-0.15, -0.1) is 0 Å². The summed E-state index contributed by atoms with van der Waals surface area (Å²) in [6.45, 7) is 3.91. The molecule has 2 rings (SSSR count). The zero-order chi connectivity index (χ0) is 11.6. The molecule has 1 aliphatic rings. The number of carbonyl (C=O) groups excluding carboxylic acids is 1. The predicted molar refractivity (Wildman–Crippen MR) is 72.5 cm³/mol. The Morgan fingerprint density at radius 1 is 1.50 bits per heavy atom. The van der Waals surface area contributed by atoms with Crippen molar-refractivity contribution in [2.24, 2.45) is 0 Å². The van der Waals surface area contributed by atoms with Crippen molar-refractivity contribution in [2.75, 3.05) is 13.1 Å². The van der Waals surface area contributed by atoms with E-state index in [1.807, 2.05) is 24.3 Å². The highest BCUT2D eigenvalue weighted by Crippen LogP contribution is 2.16. The molecule has 1 aromatic rings. The van der Waals surface area contributed by atoms with Crippen molar-refractivity contribution in [3.63, 3.8) is 0 Å². The number of hydrogen-bond acceptors (Lipinski definition) is 2. The minimum atomic E-state index is -0.101. The highest BCUT2D eigenvalue weighted by Gasteiger charge is 2.30. The Morgan fingerprint density at radius 3 is 2.88 bits per heavy atom. The Bertz CT molecular complexity index is 400. The van der Waals surface area contributed by atoms with Crippen LogP contribution in [0.4, 0.5) is 0 Å². The molecule has 0 radical (unpaired) electrons. The zero-order valence-corrected chi connectivity index (χ0v) is 11.4. The van der Waals surface area contributed by atoms with Gasteiger partial charge in [-0.05, 0) is 54.6 Å². The third kappa shape index (κ3) is 2.55. The van der Waals surface area contributed by atoms with Crippen LogP contribution in [0, 0.1) is 3.57 Å². The molecule has 0 spiro atoms. The Balaban J connectivity index is 2.11. The van der Waals surface area contributed by atoms with Gasteiger partial charge in [0.05, 0.1) is 11.1 Å². The molecule has 3 nitrogen and oxygen atoms in total. The summed E-state index contributed by atoms with van der Waals surface area (Å²) in [5.74, 6) is 0.0243. The van der Waals surface area contributed by atoms with Crippen molar-refractivity contribution < 1.29 is 4.79 Å². The van der Waals surface area contributed by atoms with Gasteiger partial charge in [-0.2, -0.15) is 0 Å². The summed E-state index contributed by atoms with van der Waals surface area (Å²) in [7, 11) is 0. The van der Waals surface area contributed by atoms with E-state index in [1.165, 1.54) is 0 Å². The SMILES string of the molecule is CC1(NC(=O)c2ccccc2I)CCNC1. The van der Waals surface area contributed by atoms with E-state index in [-0.39, 0.29) is 11.4 Å². The molecule has 0 aromatic heterocycles. The Hall–Kier alpha value is -0.620. The fourth-order valence-corrected chi connectivity index (χ4v) is 2.54. The predicted octanol–water partition coefficient (Wildman–Crippen LogP) is 1.77. The number of rotatable bonds is 2. The second kappa shape index (κ2) is 4.71. The van der Waals surface area contributed by atoms with Crippen LogP contribution < -0.4 is 10.6 Å². The lowest BCUT2D eigenvalue weighted by Crippen LogP contribution is -2.47. The summed E-state index contributed by atoms with van der Waals surface area (Å²) >= 11 is 2.19. The molecule has 86 valence electrons. The number of benzene rings is 1. The van der Waals surface area contributed by atoms with Crippen molar-refractivity contribution in [1.82, 2.24) is 10.6 Å². The number of nitrogens with one attached hydrogen (secondary N) is 2. The minimum absolute atomic E-state index is 0.0243. The molecule has 2 N–H and O–H groups in total. The van der Waals surface area contributed by atoms with Gasteiger partial charge in [0.2, 0.25) is 0 Å². The van der Waals surface area contributed by atoms with Crippen LogP contribution in [-0.4, -0.2) is 24.5 Å². The van der Waals surface area contributed by atoms with Crippen LogP contribution >= 0.6 is 22.6 Å². The van der Waals surface area contributed by atoms with Crippen molar-refractivity contribution in [3.05, 3.63) is 33.4 Å². The van der Waals surface area contributed by atoms with E-state index in [0.717, 1.165) is 28.6 Å². The summed E-state index contributed by atoms with van der Waals surface area (Å²) in [6, 6.07) is 7.65. The fourth-order valence-electron chi connectivity index (χ4n) is 1.91. The first-order valence-corrected chi connectivity index (χ1v) is 6.46. The van der Waals surface area contributed by atoms with Crippen LogP contribution in [-0.2, 0) is 0 Å². The van der Waals surface area contributed by atoms with Crippen LogP contribution in [0.2, 0.25) is 0 Å². The van der Waals surface area contributed by atoms with Gasteiger partial charge in [-0.25, -0.2) is 0 Å². The molecule has 0 aliphatic carbocycles. The Morgan fingerprint density at radius 2 is 2.25 bits per heavy atom. The van der Waals surface area contributed by atoms with Gasteiger partial charge in [0.1, 0.15) is 0 Å². The monoisotopic (exact) mass is 330 g/mol. The van der Waals surface area contributed by atoms with Gasteiger partial charge in [0.15, 0.2) is 0 Å². The number of hydrogen-bond donors (Lipinski definition) is 2. The van der Waals surface area contributed by atoms with Crippen LogP contribution in [0.1, 0.15) is 23.7 Å². The summed E-state index contributed by atoms with van der Waals surface area (Å²) in [6.07, 6.45) is 0.988. The van der Waals surface area contributed by atoms with Gasteiger partial charge in [-0.1, -0.05) is 12.1 Å². The molecule has 1 saturated heterocycles. The Labute approximate surface area is 109 Å². The quantitative estimate of drug-likeness (QED) is 0.812. The molecular weight excluding hydrogens is 315 g/mol. The van der Waals surface area contributed by atoms with E-state index >= 15 is 0 Å². The number of amides is 1. The molecule has 0 bridgehead atoms. The molecule has 16 heavy (non-hydrogen) atoms. The number of carbonyl (C=O) groups is 1. The molecule has 1 heterocycles. The van der Waals surface area contributed by atoms with Gasteiger partial charge >= 0.3 is 0 Å². The molecule has 1 unspecified atom stereocenters. The first-order valence-electron chi connectivity index (χ1n) is 5.38. The molecular formula is C12H15IN2O. The summed E-state index contributed by atoms with van der Waals surface area (Å²) in [5.41, 5.74) is 0.659. The van der Waals surface area contributed by atoms with Crippen molar-refractivity contribution in [2.45, 2.75) is 18.9 Å². The maximum Gasteiger partial charge on any atom is 0.252 e. The highest BCUT2D eigenvalue weighted by molar-refractivity contribution is 14.1. The maximum atomic E-state index is 12.1. The summed E-state index contributed by atoms with van der Waals surface area (Å²) < 4.78 is 0.993. The van der Waals surface area contributed by atoms with Crippen molar-refractivity contribution in [1.29, 1.82) is 0 Å². The fraction of sp³-hybridized carbons (Fsp3) is 0.417. The van der Waals surface area contributed by atoms with E-state index in [4.69, 9.17) is 0 Å². The lowest BCUT2D eigenvalue weighted by Gasteiger charge is -2.24. The average molecular weight is 330 g/mol. The molecule has 1 amide bonds. The van der Waals surface area contributed by atoms with Crippen LogP contribution in [0.25, 0.3) is 0 Å². The molecule has 1 fully saturated rings. The van der Waals surface area contributed by atoms with Crippen molar-refractivity contribution in [3.8, 4) is 0 Å². The van der Waals surface area contributed by atoms with Crippen LogP contribution in [0.3, 0.4) is 0 Å². The second-order valence-corrected chi connectivity index (χ2v) is 5.58. The topological polar surface area (TPSA) is 41.1 Å². The standard InChI is InChI=1S/C12H15IN2O/c1-12(6-7-14-8-12)15-11(16)9-4-2-3-5-10(9)13/h2-5,14H,6-8H2,1H3,(H,15,16). The molecule has 1 aromatic carbocycles. The minimum Gasteiger partial charge on any atom is -0.346 e. The highest BCUT2D eigenvalue weighted by atomic mass is 127. The summed E-state index contributed by atoms with van der Waals surface area (Å²) in [5, 5.41) is 6.37.